The lowest BCUT2D eigenvalue weighted by atomic mass is 10.1. The van der Waals surface area contributed by atoms with Gasteiger partial charge < -0.3 is 15.0 Å². The molecule has 0 amide bonds. The minimum absolute atomic E-state index is 0.385. The number of fused-ring (bicyclic) bond motifs is 1. The summed E-state index contributed by atoms with van der Waals surface area (Å²) in [4.78, 5) is 6.93. The minimum atomic E-state index is 0.385. The number of benzene rings is 1. The number of morpholine rings is 1. The van der Waals surface area contributed by atoms with E-state index < -0.39 is 0 Å². The number of hydrogen-bond donors (Lipinski definition) is 1. The summed E-state index contributed by atoms with van der Waals surface area (Å²) in [5, 5.41) is 4.74. The van der Waals surface area contributed by atoms with Crippen molar-refractivity contribution in [2.75, 3.05) is 37.7 Å². The van der Waals surface area contributed by atoms with E-state index >= 15 is 0 Å². The largest absolute Gasteiger partial charge is 0.377 e. The van der Waals surface area contributed by atoms with E-state index in [0.29, 0.717) is 6.04 Å². The van der Waals surface area contributed by atoms with E-state index in [-0.39, 0.29) is 0 Å². The number of aromatic nitrogens is 1. The molecule has 1 atom stereocenters. The Bertz CT molecular complexity index is 582. The summed E-state index contributed by atoms with van der Waals surface area (Å²) >= 11 is 0. The molecule has 0 spiro atoms. The molecule has 1 aliphatic rings. The molecule has 4 heteroatoms. The van der Waals surface area contributed by atoms with Crippen LogP contribution in [0.25, 0.3) is 10.9 Å². The van der Waals surface area contributed by atoms with Crippen molar-refractivity contribution in [1.29, 1.82) is 0 Å². The fourth-order valence-electron chi connectivity index (χ4n) is 2.92. The lowest BCUT2D eigenvalue weighted by Gasteiger charge is -2.38. The molecule has 0 aliphatic carbocycles. The molecule has 0 radical (unpaired) electrons. The molecule has 1 fully saturated rings. The molecule has 0 bridgehead atoms. The monoisotopic (exact) mass is 285 g/mol. The maximum Gasteiger partial charge on any atom is 0.0722 e. The number of para-hydroxylation sites is 1. The van der Waals surface area contributed by atoms with Gasteiger partial charge in [-0.1, -0.05) is 25.1 Å². The maximum absolute atomic E-state index is 5.68. The zero-order valence-electron chi connectivity index (χ0n) is 12.6. The molecule has 21 heavy (non-hydrogen) atoms. The molecule has 1 N–H and O–H groups in total. The normalized spacial score (nSPS) is 19.1. The number of rotatable bonds is 5. The third kappa shape index (κ3) is 3.17. The van der Waals surface area contributed by atoms with Gasteiger partial charge in [0.25, 0.3) is 0 Å². The molecule has 1 unspecified atom stereocenters. The van der Waals surface area contributed by atoms with Crippen molar-refractivity contribution in [3.63, 3.8) is 0 Å². The van der Waals surface area contributed by atoms with E-state index in [4.69, 9.17) is 4.74 Å². The quantitative estimate of drug-likeness (QED) is 0.856. The van der Waals surface area contributed by atoms with Crippen LogP contribution in [0.15, 0.2) is 36.5 Å². The summed E-state index contributed by atoms with van der Waals surface area (Å²) in [6.45, 7) is 6.73. The number of anilines is 1. The Hall–Kier alpha value is -1.65. The summed E-state index contributed by atoms with van der Waals surface area (Å²) in [6, 6.07) is 10.9. The Labute approximate surface area is 126 Å². The van der Waals surface area contributed by atoms with E-state index in [1.54, 1.807) is 0 Å². The van der Waals surface area contributed by atoms with Gasteiger partial charge in [0.15, 0.2) is 0 Å². The summed E-state index contributed by atoms with van der Waals surface area (Å²) in [5.41, 5.74) is 2.33. The van der Waals surface area contributed by atoms with E-state index in [2.05, 4.69) is 46.4 Å². The SMILES string of the molecule is CCCNCC1COCCN1c1ccnc2ccccc12. The first-order chi connectivity index (χ1) is 10.4. The predicted octanol–water partition coefficient (Wildman–Crippen LogP) is 2.44. The fraction of sp³-hybridized carbons (Fsp3) is 0.471. The highest BCUT2D eigenvalue weighted by Crippen LogP contribution is 2.27. The number of ether oxygens (including phenoxy) is 1. The Kier molecular flexibility index (Phi) is 4.68. The first kappa shape index (κ1) is 14.3. The molecular formula is C17H23N3O. The van der Waals surface area contributed by atoms with Crippen LogP contribution in [0.5, 0.6) is 0 Å². The van der Waals surface area contributed by atoms with Gasteiger partial charge in [-0.2, -0.15) is 0 Å². The molecule has 3 rings (SSSR count). The molecule has 1 aliphatic heterocycles. The van der Waals surface area contributed by atoms with Crippen LogP contribution < -0.4 is 10.2 Å². The standard InChI is InChI=1S/C17H23N3O/c1-2-8-18-12-14-13-21-11-10-20(14)17-7-9-19-16-6-4-3-5-15(16)17/h3-7,9,14,18H,2,8,10-13H2,1H3. The zero-order valence-corrected chi connectivity index (χ0v) is 12.6. The van der Waals surface area contributed by atoms with Crippen molar-refractivity contribution in [1.82, 2.24) is 10.3 Å². The zero-order chi connectivity index (χ0) is 14.5. The third-order valence-electron chi connectivity index (χ3n) is 3.97. The van der Waals surface area contributed by atoms with Crippen molar-refractivity contribution >= 4 is 16.6 Å². The van der Waals surface area contributed by atoms with E-state index in [0.717, 1.165) is 44.8 Å². The van der Waals surface area contributed by atoms with Crippen LogP contribution in [0.3, 0.4) is 0 Å². The molecule has 2 aromatic rings. The van der Waals surface area contributed by atoms with Crippen LogP contribution in [0.1, 0.15) is 13.3 Å². The Morgan fingerprint density at radius 1 is 1.33 bits per heavy atom. The van der Waals surface area contributed by atoms with E-state index in [1.165, 1.54) is 11.1 Å². The first-order valence-corrected chi connectivity index (χ1v) is 7.79. The Morgan fingerprint density at radius 3 is 3.14 bits per heavy atom. The lowest BCUT2D eigenvalue weighted by molar-refractivity contribution is 0.0939. The lowest BCUT2D eigenvalue weighted by Crippen LogP contribution is -2.50. The van der Waals surface area contributed by atoms with Gasteiger partial charge >= 0.3 is 0 Å². The second kappa shape index (κ2) is 6.87. The highest BCUT2D eigenvalue weighted by Gasteiger charge is 2.24. The fourth-order valence-corrected chi connectivity index (χ4v) is 2.92. The summed E-state index contributed by atoms with van der Waals surface area (Å²) in [5.74, 6) is 0. The van der Waals surface area contributed by atoms with Gasteiger partial charge in [-0.05, 0) is 25.1 Å². The molecule has 0 saturated carbocycles. The summed E-state index contributed by atoms with van der Waals surface area (Å²) in [7, 11) is 0. The number of nitrogens with zero attached hydrogens (tertiary/aromatic N) is 2. The molecule has 4 nitrogen and oxygen atoms in total. The smallest absolute Gasteiger partial charge is 0.0722 e. The number of nitrogens with one attached hydrogen (secondary N) is 1. The van der Waals surface area contributed by atoms with Crippen molar-refractivity contribution in [3.8, 4) is 0 Å². The first-order valence-electron chi connectivity index (χ1n) is 7.79. The summed E-state index contributed by atoms with van der Waals surface area (Å²) < 4.78 is 5.68. The molecule has 1 aromatic heterocycles. The molecule has 2 heterocycles. The van der Waals surface area contributed by atoms with Crippen LogP contribution in [0, 0.1) is 0 Å². The number of pyridine rings is 1. The average molecular weight is 285 g/mol. The molecular weight excluding hydrogens is 262 g/mol. The highest BCUT2D eigenvalue weighted by molar-refractivity contribution is 5.91. The van der Waals surface area contributed by atoms with Crippen molar-refractivity contribution in [2.24, 2.45) is 0 Å². The van der Waals surface area contributed by atoms with Gasteiger partial charge in [0.2, 0.25) is 0 Å². The van der Waals surface area contributed by atoms with Gasteiger partial charge in [0.05, 0.1) is 24.8 Å². The predicted molar refractivity (Wildman–Crippen MR) is 86.9 cm³/mol. The number of hydrogen-bond acceptors (Lipinski definition) is 4. The van der Waals surface area contributed by atoms with Gasteiger partial charge in [-0.15, -0.1) is 0 Å². The molecule has 1 saturated heterocycles. The van der Waals surface area contributed by atoms with Gasteiger partial charge in [0, 0.05) is 30.4 Å². The average Bonchev–Trinajstić information content (AvgIpc) is 2.55. The Morgan fingerprint density at radius 2 is 2.24 bits per heavy atom. The second-order valence-corrected chi connectivity index (χ2v) is 5.47. The maximum atomic E-state index is 5.68. The summed E-state index contributed by atoms with van der Waals surface area (Å²) in [6.07, 6.45) is 3.06. The van der Waals surface area contributed by atoms with Crippen LogP contribution >= 0.6 is 0 Å². The minimum Gasteiger partial charge on any atom is -0.377 e. The van der Waals surface area contributed by atoms with Crippen molar-refractivity contribution in [3.05, 3.63) is 36.5 Å². The van der Waals surface area contributed by atoms with Crippen LogP contribution in [0.4, 0.5) is 5.69 Å². The molecule has 112 valence electrons. The van der Waals surface area contributed by atoms with Crippen molar-refractivity contribution in [2.45, 2.75) is 19.4 Å². The van der Waals surface area contributed by atoms with Gasteiger partial charge in [0.1, 0.15) is 0 Å². The van der Waals surface area contributed by atoms with Gasteiger partial charge in [-0.3, -0.25) is 4.98 Å². The van der Waals surface area contributed by atoms with Crippen molar-refractivity contribution < 1.29 is 4.74 Å². The van der Waals surface area contributed by atoms with E-state index in [9.17, 15) is 0 Å². The second-order valence-electron chi connectivity index (χ2n) is 5.47. The third-order valence-corrected chi connectivity index (χ3v) is 3.97. The Balaban J connectivity index is 1.87. The van der Waals surface area contributed by atoms with Crippen LogP contribution in [0.2, 0.25) is 0 Å². The van der Waals surface area contributed by atoms with E-state index in [1.807, 2.05) is 12.3 Å². The molecule has 1 aromatic carbocycles. The van der Waals surface area contributed by atoms with Crippen LogP contribution in [-0.2, 0) is 4.74 Å². The topological polar surface area (TPSA) is 37.4 Å². The highest BCUT2D eigenvalue weighted by atomic mass is 16.5. The van der Waals surface area contributed by atoms with Crippen LogP contribution in [-0.4, -0.2) is 43.9 Å². The van der Waals surface area contributed by atoms with Gasteiger partial charge in [-0.25, -0.2) is 0 Å².